The van der Waals surface area contributed by atoms with Crippen molar-refractivity contribution < 1.29 is 9.18 Å². The van der Waals surface area contributed by atoms with Gasteiger partial charge in [-0.25, -0.2) is 19.3 Å². The smallest absolute Gasteiger partial charge is 0.272 e. The van der Waals surface area contributed by atoms with Gasteiger partial charge in [-0.2, -0.15) is 0 Å². The van der Waals surface area contributed by atoms with Crippen LogP contribution in [0.25, 0.3) is 11.2 Å². The van der Waals surface area contributed by atoms with E-state index in [1.807, 2.05) is 0 Å². The van der Waals surface area contributed by atoms with Crippen molar-refractivity contribution in [2.24, 2.45) is 0 Å². The van der Waals surface area contributed by atoms with Gasteiger partial charge in [-0.3, -0.25) is 4.79 Å². The summed E-state index contributed by atoms with van der Waals surface area (Å²) in [5.41, 5.74) is 2.70. The van der Waals surface area contributed by atoms with Gasteiger partial charge in [-0.1, -0.05) is 12.8 Å². The van der Waals surface area contributed by atoms with Gasteiger partial charge in [-0.15, -0.1) is 0 Å². The van der Waals surface area contributed by atoms with E-state index in [2.05, 4.69) is 35.9 Å². The quantitative estimate of drug-likeness (QED) is 0.345. The zero-order chi connectivity index (χ0) is 22.5. The molecule has 1 saturated carbocycles. The fourth-order valence-corrected chi connectivity index (χ4v) is 3.94. The van der Waals surface area contributed by atoms with Gasteiger partial charge in [-0.05, 0) is 36.6 Å². The van der Waals surface area contributed by atoms with Crippen molar-refractivity contribution in [1.29, 1.82) is 5.41 Å². The maximum Gasteiger partial charge on any atom is 0.272 e. The van der Waals surface area contributed by atoms with Crippen LogP contribution >= 0.6 is 0 Å². The molecule has 10 heteroatoms. The molecule has 1 aliphatic carbocycles. The number of H-pyrrole nitrogens is 1. The highest BCUT2D eigenvalue weighted by Crippen LogP contribution is 2.33. The van der Waals surface area contributed by atoms with Crippen LogP contribution in [0, 0.1) is 11.2 Å². The van der Waals surface area contributed by atoms with Crippen LogP contribution in [0.1, 0.15) is 53.5 Å². The van der Waals surface area contributed by atoms with Gasteiger partial charge in [0, 0.05) is 37.6 Å². The molecule has 2 aromatic heterocycles. The Labute approximate surface area is 184 Å². The lowest BCUT2D eigenvalue weighted by atomic mass is 10.1. The highest BCUT2D eigenvalue weighted by Gasteiger charge is 2.23. The number of allylic oxidation sites excluding steroid dienone is 1. The average Bonchev–Trinajstić information content (AvgIpc) is 3.46. The summed E-state index contributed by atoms with van der Waals surface area (Å²) in [5.74, 6) is 0.367. The summed E-state index contributed by atoms with van der Waals surface area (Å²) < 4.78 is 14.1. The maximum absolute atomic E-state index is 14.1. The van der Waals surface area contributed by atoms with E-state index in [4.69, 9.17) is 5.41 Å². The van der Waals surface area contributed by atoms with Crippen molar-refractivity contribution in [2.75, 3.05) is 12.4 Å². The molecule has 9 nitrogen and oxygen atoms in total. The molecule has 1 aromatic carbocycles. The highest BCUT2D eigenvalue weighted by atomic mass is 19.1. The minimum atomic E-state index is -0.452. The molecule has 2 heterocycles. The molecular formula is C22H25FN8O. The van der Waals surface area contributed by atoms with Crippen LogP contribution in [0.4, 0.5) is 10.1 Å². The molecule has 0 spiro atoms. The number of fused-ring (bicyclic) bond motifs is 1. The predicted molar refractivity (Wildman–Crippen MR) is 120 cm³/mol. The second-order valence-corrected chi connectivity index (χ2v) is 7.71. The third-order valence-corrected chi connectivity index (χ3v) is 5.42. The van der Waals surface area contributed by atoms with E-state index in [1.54, 1.807) is 19.3 Å². The molecule has 0 atom stereocenters. The number of halogens is 1. The van der Waals surface area contributed by atoms with E-state index in [0.29, 0.717) is 34.0 Å². The monoisotopic (exact) mass is 436 g/mol. The van der Waals surface area contributed by atoms with Crippen LogP contribution in [-0.2, 0) is 6.54 Å². The number of hydrogen-bond donors (Lipinski definition) is 5. The Balaban J connectivity index is 1.49. The molecular weight excluding hydrogens is 411 g/mol. The number of amides is 1. The lowest BCUT2D eigenvalue weighted by Crippen LogP contribution is -2.24. The molecule has 0 bridgehead atoms. The molecule has 3 aromatic rings. The summed E-state index contributed by atoms with van der Waals surface area (Å²) in [6.45, 7) is 0.107. The molecule has 5 N–H and O–H groups in total. The first-order valence-electron chi connectivity index (χ1n) is 10.5. The Morgan fingerprint density at radius 1 is 1.28 bits per heavy atom. The molecule has 1 fully saturated rings. The molecule has 0 aliphatic heterocycles. The molecule has 0 unspecified atom stereocenters. The number of nitrogens with zero attached hydrogens (tertiary/aromatic N) is 3. The number of hydrogen-bond acceptors (Lipinski definition) is 7. The number of imidazole rings is 1. The van der Waals surface area contributed by atoms with E-state index in [0.717, 1.165) is 24.9 Å². The van der Waals surface area contributed by atoms with Crippen molar-refractivity contribution in [3.63, 3.8) is 0 Å². The van der Waals surface area contributed by atoms with Crippen LogP contribution in [0.2, 0.25) is 0 Å². The zero-order valence-electron chi connectivity index (χ0n) is 17.7. The minimum absolute atomic E-state index is 0.107. The van der Waals surface area contributed by atoms with E-state index in [9.17, 15) is 9.18 Å². The van der Waals surface area contributed by atoms with Crippen molar-refractivity contribution >= 4 is 29.0 Å². The van der Waals surface area contributed by atoms with Crippen molar-refractivity contribution in [2.45, 2.75) is 38.1 Å². The van der Waals surface area contributed by atoms with Crippen molar-refractivity contribution in [3.8, 4) is 0 Å². The van der Waals surface area contributed by atoms with E-state index in [-0.39, 0.29) is 12.2 Å². The summed E-state index contributed by atoms with van der Waals surface area (Å²) in [5, 5.41) is 16.0. The number of benzene rings is 1. The molecule has 32 heavy (non-hydrogen) atoms. The topological polar surface area (TPSA) is 131 Å². The van der Waals surface area contributed by atoms with E-state index >= 15 is 0 Å². The van der Waals surface area contributed by atoms with Gasteiger partial charge in [0.2, 0.25) is 0 Å². The molecule has 1 amide bonds. The summed E-state index contributed by atoms with van der Waals surface area (Å²) in [7, 11) is 1.71. The molecule has 4 rings (SSSR count). The highest BCUT2D eigenvalue weighted by molar-refractivity contribution is 6.02. The summed E-state index contributed by atoms with van der Waals surface area (Å²) in [4.78, 5) is 29.0. The predicted octanol–water partition coefficient (Wildman–Crippen LogP) is 3.20. The number of carbonyl (C=O) groups excluding carboxylic acids is 1. The van der Waals surface area contributed by atoms with Crippen LogP contribution in [0.5, 0.6) is 0 Å². The van der Waals surface area contributed by atoms with Gasteiger partial charge in [0.15, 0.2) is 11.3 Å². The summed E-state index contributed by atoms with van der Waals surface area (Å²) >= 11 is 0. The van der Waals surface area contributed by atoms with Crippen LogP contribution < -0.4 is 16.0 Å². The SMILES string of the molecule is CN/C=C(\C=N)Nc1cc(F)cc(CNC(=O)c2ncnc3nc(C4CCCC4)[nH]c23)c1. The van der Waals surface area contributed by atoms with Gasteiger partial charge in [0.05, 0.1) is 5.70 Å². The molecule has 1 aliphatic rings. The third-order valence-electron chi connectivity index (χ3n) is 5.42. The minimum Gasteiger partial charge on any atom is -0.392 e. The normalized spacial score (nSPS) is 14.5. The summed E-state index contributed by atoms with van der Waals surface area (Å²) in [6.07, 6.45) is 8.54. The Morgan fingerprint density at radius 3 is 2.84 bits per heavy atom. The lowest BCUT2D eigenvalue weighted by molar-refractivity contribution is 0.0947. The average molecular weight is 436 g/mol. The molecule has 0 radical (unpaired) electrons. The van der Waals surface area contributed by atoms with Crippen molar-refractivity contribution in [3.05, 3.63) is 59.3 Å². The fourth-order valence-electron chi connectivity index (χ4n) is 3.94. The van der Waals surface area contributed by atoms with E-state index in [1.165, 1.54) is 31.3 Å². The lowest BCUT2D eigenvalue weighted by Gasteiger charge is -2.10. The van der Waals surface area contributed by atoms with E-state index < -0.39 is 11.7 Å². The van der Waals surface area contributed by atoms with Gasteiger partial charge in [0.1, 0.15) is 23.5 Å². The molecule has 166 valence electrons. The van der Waals surface area contributed by atoms with Crippen LogP contribution in [0.3, 0.4) is 0 Å². The number of aromatic nitrogens is 4. The van der Waals surface area contributed by atoms with Crippen molar-refractivity contribution in [1.82, 2.24) is 30.6 Å². The number of anilines is 1. The second kappa shape index (κ2) is 9.54. The van der Waals surface area contributed by atoms with Crippen LogP contribution in [0.15, 0.2) is 36.4 Å². The summed E-state index contributed by atoms with van der Waals surface area (Å²) in [6, 6.07) is 4.38. The second-order valence-electron chi connectivity index (χ2n) is 7.71. The largest absolute Gasteiger partial charge is 0.392 e. The first kappa shape index (κ1) is 21.4. The Morgan fingerprint density at radius 2 is 2.09 bits per heavy atom. The third kappa shape index (κ3) is 4.74. The Bertz CT molecular complexity index is 1170. The Hall–Kier alpha value is -3.82. The number of rotatable bonds is 8. The zero-order valence-corrected chi connectivity index (χ0v) is 17.7. The Kier molecular flexibility index (Phi) is 6.39. The first-order chi connectivity index (χ1) is 15.6. The van der Waals surface area contributed by atoms with Gasteiger partial charge < -0.3 is 26.3 Å². The van der Waals surface area contributed by atoms with Gasteiger partial charge in [0.25, 0.3) is 5.91 Å². The fraction of sp³-hybridized carbons (Fsp3) is 0.318. The van der Waals surface area contributed by atoms with Crippen LogP contribution in [-0.4, -0.2) is 39.1 Å². The number of carbonyl (C=O) groups is 1. The number of aromatic amines is 1. The van der Waals surface area contributed by atoms with Gasteiger partial charge >= 0.3 is 0 Å². The molecule has 0 saturated heterocycles. The number of nitrogens with one attached hydrogen (secondary N) is 5. The first-order valence-corrected chi connectivity index (χ1v) is 10.5. The maximum atomic E-state index is 14.1. The standard InChI is InChI=1S/C22H25FN8O/c1-25-11-17(9-24)29-16-7-13(6-15(23)8-16)10-26-22(32)19-18-21(28-12-27-19)31-20(30-18)14-4-2-3-5-14/h6-9,11-12,14,24-25,29H,2-5,10H2,1H3,(H,26,32)(H,27,28,30,31)/b17-11+,24-9?.